The Morgan fingerprint density at radius 1 is 1.00 bits per heavy atom. The van der Waals surface area contributed by atoms with Crippen LogP contribution in [0.2, 0.25) is 0 Å². The molecule has 0 aromatic carbocycles. The number of hydrogen-bond acceptors (Lipinski definition) is 9. The van der Waals surface area contributed by atoms with Crippen molar-refractivity contribution in [3.63, 3.8) is 0 Å². The maximum Gasteiger partial charge on any atom is 0.326 e. The third-order valence-corrected chi connectivity index (χ3v) is 5.24. The van der Waals surface area contributed by atoms with E-state index in [0.29, 0.717) is 25.1 Å². The van der Waals surface area contributed by atoms with Crippen molar-refractivity contribution in [2.75, 3.05) is 6.54 Å². The summed E-state index contributed by atoms with van der Waals surface area (Å²) >= 11 is 0. The van der Waals surface area contributed by atoms with Crippen LogP contribution in [0.5, 0.6) is 0 Å². The zero-order valence-corrected chi connectivity index (χ0v) is 20.0. The molecule has 1 aromatic heterocycles. The number of aromatic nitrogens is 2. The number of aromatic amines is 1. The first-order valence-electron chi connectivity index (χ1n) is 11.4. The highest BCUT2D eigenvalue weighted by Gasteiger charge is 2.32. The SMILES string of the molecule is CC(O)C(NC(=O)C(N)CCC(=O)O)C(=O)NC(CCCCN)C(=O)NC(Cc1cnc[nH]1)C(=O)O. The highest BCUT2D eigenvalue weighted by Crippen LogP contribution is 2.06. The number of carbonyl (C=O) groups excluding carboxylic acids is 3. The number of aliphatic carboxylic acids is 2. The van der Waals surface area contributed by atoms with Gasteiger partial charge in [0.1, 0.15) is 18.1 Å². The molecule has 1 rings (SSSR count). The number of imidazole rings is 1. The molecule has 0 fully saturated rings. The fraction of sp³-hybridized carbons (Fsp3) is 0.619. The smallest absolute Gasteiger partial charge is 0.326 e. The van der Waals surface area contributed by atoms with E-state index in [9.17, 15) is 34.2 Å². The Labute approximate surface area is 207 Å². The lowest BCUT2D eigenvalue weighted by atomic mass is 10.0. The van der Waals surface area contributed by atoms with E-state index in [1.54, 1.807) is 0 Å². The third-order valence-electron chi connectivity index (χ3n) is 5.24. The Morgan fingerprint density at radius 3 is 2.19 bits per heavy atom. The molecule has 15 nitrogen and oxygen atoms in total. The molecule has 1 aromatic rings. The molecule has 0 bridgehead atoms. The lowest BCUT2D eigenvalue weighted by Gasteiger charge is -2.26. The molecule has 5 atom stereocenters. The summed E-state index contributed by atoms with van der Waals surface area (Å²) in [7, 11) is 0. The molecular weight excluding hydrogens is 478 g/mol. The van der Waals surface area contributed by atoms with Gasteiger partial charge in [-0.25, -0.2) is 9.78 Å². The Kier molecular flexibility index (Phi) is 13.1. The van der Waals surface area contributed by atoms with Crippen molar-refractivity contribution in [2.45, 2.75) is 75.7 Å². The summed E-state index contributed by atoms with van der Waals surface area (Å²) in [5.41, 5.74) is 11.6. The molecule has 0 radical (unpaired) electrons. The number of hydrogen-bond donors (Lipinski definition) is 9. The lowest BCUT2D eigenvalue weighted by Crippen LogP contribution is -2.59. The molecule has 0 saturated heterocycles. The summed E-state index contributed by atoms with van der Waals surface area (Å²) in [5, 5.41) is 35.4. The van der Waals surface area contributed by atoms with Gasteiger partial charge in [0.25, 0.3) is 0 Å². The number of carboxylic acids is 2. The van der Waals surface area contributed by atoms with Crippen molar-refractivity contribution < 1.29 is 39.3 Å². The van der Waals surface area contributed by atoms with Crippen LogP contribution in [0.1, 0.15) is 44.7 Å². The second-order valence-electron chi connectivity index (χ2n) is 8.29. The van der Waals surface area contributed by atoms with Gasteiger partial charge >= 0.3 is 11.9 Å². The quantitative estimate of drug-likeness (QED) is 0.0960. The van der Waals surface area contributed by atoms with Crippen molar-refractivity contribution in [3.8, 4) is 0 Å². The van der Waals surface area contributed by atoms with E-state index >= 15 is 0 Å². The van der Waals surface area contributed by atoms with Crippen LogP contribution in [0.4, 0.5) is 0 Å². The number of aliphatic hydroxyl groups excluding tert-OH is 1. The van der Waals surface area contributed by atoms with Crippen molar-refractivity contribution in [1.82, 2.24) is 25.9 Å². The first-order chi connectivity index (χ1) is 17.0. The van der Waals surface area contributed by atoms with Crippen LogP contribution in [0.3, 0.4) is 0 Å². The number of rotatable bonds is 17. The first kappa shape index (κ1) is 30.5. The zero-order valence-electron chi connectivity index (χ0n) is 20.0. The minimum atomic E-state index is -1.50. The summed E-state index contributed by atoms with van der Waals surface area (Å²) < 4.78 is 0. The molecule has 0 spiro atoms. The van der Waals surface area contributed by atoms with Gasteiger partial charge in [-0.15, -0.1) is 0 Å². The first-order valence-corrected chi connectivity index (χ1v) is 11.4. The Hall–Kier alpha value is -3.56. The molecule has 3 amide bonds. The van der Waals surface area contributed by atoms with Crippen LogP contribution in [0.25, 0.3) is 0 Å². The molecule has 0 aliphatic heterocycles. The van der Waals surface area contributed by atoms with Gasteiger partial charge in [0.05, 0.1) is 18.5 Å². The fourth-order valence-corrected chi connectivity index (χ4v) is 3.19. The molecule has 202 valence electrons. The maximum absolute atomic E-state index is 12.9. The van der Waals surface area contributed by atoms with E-state index in [1.165, 1.54) is 19.4 Å². The zero-order chi connectivity index (χ0) is 27.3. The average molecular weight is 514 g/mol. The summed E-state index contributed by atoms with van der Waals surface area (Å²) in [5.74, 6) is -4.98. The predicted molar refractivity (Wildman–Crippen MR) is 125 cm³/mol. The average Bonchev–Trinajstić information content (AvgIpc) is 3.32. The van der Waals surface area contributed by atoms with Gasteiger partial charge in [-0.05, 0) is 39.2 Å². The van der Waals surface area contributed by atoms with Crippen LogP contribution in [-0.2, 0) is 30.4 Å². The van der Waals surface area contributed by atoms with E-state index in [0.717, 1.165) is 0 Å². The highest BCUT2D eigenvalue weighted by atomic mass is 16.4. The van der Waals surface area contributed by atoms with Crippen LogP contribution in [-0.4, -0.2) is 91.8 Å². The van der Waals surface area contributed by atoms with Crippen LogP contribution >= 0.6 is 0 Å². The molecule has 0 saturated carbocycles. The second kappa shape index (κ2) is 15.4. The molecule has 11 N–H and O–H groups in total. The van der Waals surface area contributed by atoms with Crippen LogP contribution in [0.15, 0.2) is 12.5 Å². The van der Waals surface area contributed by atoms with Gasteiger partial charge in [-0.2, -0.15) is 0 Å². The normalized spacial score (nSPS) is 15.1. The van der Waals surface area contributed by atoms with Crippen LogP contribution < -0.4 is 27.4 Å². The molecule has 5 unspecified atom stereocenters. The van der Waals surface area contributed by atoms with E-state index in [1.807, 2.05) is 0 Å². The number of nitrogens with one attached hydrogen (secondary N) is 4. The fourth-order valence-electron chi connectivity index (χ4n) is 3.19. The van der Waals surface area contributed by atoms with Gasteiger partial charge in [0, 0.05) is 24.7 Å². The van der Waals surface area contributed by atoms with Crippen molar-refractivity contribution >= 4 is 29.7 Å². The number of carbonyl (C=O) groups is 5. The number of aliphatic hydroxyl groups is 1. The van der Waals surface area contributed by atoms with Gasteiger partial charge in [-0.3, -0.25) is 19.2 Å². The topological polar surface area (TPSA) is 263 Å². The van der Waals surface area contributed by atoms with Gasteiger partial charge in [-0.1, -0.05) is 0 Å². The standard InChI is InChI=1S/C21H35N7O8/c1-11(29)17(28-18(32)13(23)5-6-16(30)31)20(34)26-14(4-2-3-7-22)19(33)27-15(21(35)36)8-12-9-24-10-25-12/h9-11,13-15,17,29H,2-8,22-23H2,1H3,(H,24,25)(H,26,34)(H,27,33)(H,28,32)(H,30,31)(H,35,36). The van der Waals surface area contributed by atoms with E-state index < -0.39 is 59.9 Å². The monoisotopic (exact) mass is 513 g/mol. The Balaban J connectivity index is 2.93. The number of amides is 3. The van der Waals surface area contributed by atoms with E-state index in [4.69, 9.17) is 16.6 Å². The van der Waals surface area contributed by atoms with E-state index in [2.05, 4.69) is 25.9 Å². The molecule has 0 aliphatic rings. The lowest BCUT2D eigenvalue weighted by molar-refractivity contribution is -0.142. The predicted octanol–water partition coefficient (Wildman–Crippen LogP) is -2.81. The number of carboxylic acid groups (broad SMARTS) is 2. The van der Waals surface area contributed by atoms with Gasteiger partial charge in [0.15, 0.2) is 0 Å². The number of unbranched alkanes of at least 4 members (excludes halogenated alkanes) is 1. The number of nitrogens with two attached hydrogens (primary N) is 2. The molecule has 36 heavy (non-hydrogen) atoms. The Morgan fingerprint density at radius 2 is 1.67 bits per heavy atom. The van der Waals surface area contributed by atoms with Crippen molar-refractivity contribution in [3.05, 3.63) is 18.2 Å². The highest BCUT2D eigenvalue weighted by molar-refractivity contribution is 5.94. The van der Waals surface area contributed by atoms with Crippen LogP contribution in [0, 0.1) is 0 Å². The minimum absolute atomic E-state index is 0.0782. The Bertz CT molecular complexity index is 878. The number of nitrogens with zero attached hydrogens (tertiary/aromatic N) is 1. The summed E-state index contributed by atoms with van der Waals surface area (Å²) in [6, 6.07) is -5.24. The summed E-state index contributed by atoms with van der Waals surface area (Å²) in [6.07, 6.45) is 1.84. The second-order valence-corrected chi connectivity index (χ2v) is 8.29. The molecule has 0 aliphatic carbocycles. The summed E-state index contributed by atoms with van der Waals surface area (Å²) in [4.78, 5) is 67.0. The van der Waals surface area contributed by atoms with Gasteiger partial charge in [0.2, 0.25) is 17.7 Å². The van der Waals surface area contributed by atoms with Crippen molar-refractivity contribution in [1.29, 1.82) is 0 Å². The largest absolute Gasteiger partial charge is 0.481 e. The molecule has 15 heteroatoms. The molecule has 1 heterocycles. The summed E-state index contributed by atoms with van der Waals surface area (Å²) in [6.45, 7) is 1.57. The maximum atomic E-state index is 12.9. The number of H-pyrrole nitrogens is 1. The molecular formula is C21H35N7O8. The third kappa shape index (κ3) is 10.8. The van der Waals surface area contributed by atoms with Crippen molar-refractivity contribution in [2.24, 2.45) is 11.5 Å². The van der Waals surface area contributed by atoms with E-state index in [-0.39, 0.29) is 25.7 Å². The van der Waals surface area contributed by atoms with Gasteiger partial charge < -0.3 is 47.7 Å². The minimum Gasteiger partial charge on any atom is -0.481 e.